The van der Waals surface area contributed by atoms with E-state index in [2.05, 4.69) is 31.9 Å². The Kier molecular flexibility index (Phi) is 6.34. The predicted molar refractivity (Wildman–Crippen MR) is 98.3 cm³/mol. The van der Waals surface area contributed by atoms with Crippen LogP contribution in [0.3, 0.4) is 0 Å². The molecule has 6 nitrogen and oxygen atoms in total. The van der Waals surface area contributed by atoms with E-state index in [0.29, 0.717) is 4.47 Å². The molecule has 0 spiro atoms. The lowest BCUT2D eigenvalue weighted by molar-refractivity contribution is -0.139. The number of anilines is 1. The lowest BCUT2D eigenvalue weighted by atomic mass is 10.1. The summed E-state index contributed by atoms with van der Waals surface area (Å²) in [5, 5.41) is 9.43. The molecule has 1 aromatic rings. The van der Waals surface area contributed by atoms with Crippen molar-refractivity contribution >= 4 is 49.5 Å². The number of hydrogen-bond acceptors (Lipinski definition) is 6. The van der Waals surface area contributed by atoms with Crippen LogP contribution in [0, 0.1) is 17.1 Å². The number of ether oxygens (including phenoxy) is 2. The predicted octanol–water partition coefficient (Wildman–Crippen LogP) is 3.71. The van der Waals surface area contributed by atoms with Gasteiger partial charge in [-0.1, -0.05) is 6.08 Å². The molecule has 0 aliphatic carbocycles. The van der Waals surface area contributed by atoms with Gasteiger partial charge in [0.1, 0.15) is 17.3 Å². The quantitative estimate of drug-likeness (QED) is 0.479. The van der Waals surface area contributed by atoms with E-state index >= 15 is 0 Å². The van der Waals surface area contributed by atoms with E-state index in [1.807, 2.05) is 0 Å². The van der Waals surface area contributed by atoms with E-state index in [-0.39, 0.29) is 27.0 Å². The number of esters is 2. The summed E-state index contributed by atoms with van der Waals surface area (Å²) < 4.78 is 24.3. The molecule has 9 heteroatoms. The van der Waals surface area contributed by atoms with Gasteiger partial charge in [-0.2, -0.15) is 5.26 Å². The first kappa shape index (κ1) is 19.9. The number of carbonyl (C=O) groups is 2. The highest BCUT2D eigenvalue weighted by Gasteiger charge is 2.31. The summed E-state index contributed by atoms with van der Waals surface area (Å²) in [4.78, 5) is 25.7. The Hall–Kier alpha value is -2.44. The number of benzene rings is 1. The number of allylic oxidation sites excluding steroid dienone is 2. The molecule has 0 unspecified atom stereocenters. The zero-order chi connectivity index (χ0) is 19.4. The fourth-order valence-corrected chi connectivity index (χ4v) is 3.61. The fraction of sp³-hybridized carbons (Fsp3) is 0.118. The highest BCUT2D eigenvalue weighted by atomic mass is 79.9. The van der Waals surface area contributed by atoms with Crippen LogP contribution >= 0.6 is 31.9 Å². The van der Waals surface area contributed by atoms with Crippen LogP contribution in [0.2, 0.25) is 0 Å². The number of rotatable bonds is 3. The summed E-state index contributed by atoms with van der Waals surface area (Å²) in [6.45, 7) is 0. The van der Waals surface area contributed by atoms with Crippen molar-refractivity contribution in [2.75, 3.05) is 19.1 Å². The number of methoxy groups -OCH3 is 2. The minimum absolute atomic E-state index is 0.0370. The summed E-state index contributed by atoms with van der Waals surface area (Å²) in [7, 11) is 2.31. The van der Waals surface area contributed by atoms with Crippen molar-refractivity contribution in [1.82, 2.24) is 0 Å². The summed E-state index contributed by atoms with van der Waals surface area (Å²) >= 11 is 6.30. The van der Waals surface area contributed by atoms with E-state index < -0.39 is 17.8 Å². The number of halogens is 3. The van der Waals surface area contributed by atoms with Gasteiger partial charge in [-0.25, -0.2) is 14.0 Å². The summed E-state index contributed by atoms with van der Waals surface area (Å²) in [6.07, 6.45) is 5.80. The molecule has 134 valence electrons. The molecule has 2 rings (SSSR count). The van der Waals surface area contributed by atoms with Crippen molar-refractivity contribution in [1.29, 1.82) is 5.26 Å². The van der Waals surface area contributed by atoms with Crippen LogP contribution in [0.5, 0.6) is 0 Å². The van der Waals surface area contributed by atoms with Crippen molar-refractivity contribution in [3.63, 3.8) is 0 Å². The number of nitriles is 1. The summed E-state index contributed by atoms with van der Waals surface area (Å²) in [5.41, 5.74) is -0.620. The van der Waals surface area contributed by atoms with Gasteiger partial charge in [0.2, 0.25) is 0 Å². The Morgan fingerprint density at radius 1 is 1.15 bits per heavy atom. The average Bonchev–Trinajstić information content (AvgIpc) is 2.85. The molecule has 0 aromatic heterocycles. The van der Waals surface area contributed by atoms with Crippen LogP contribution in [0.1, 0.15) is 5.56 Å². The highest BCUT2D eigenvalue weighted by molar-refractivity contribution is 9.11. The molecular weight excluding hydrogens is 475 g/mol. The van der Waals surface area contributed by atoms with Crippen LogP contribution in [0.25, 0.3) is 0 Å². The Labute approximate surface area is 165 Å². The fourth-order valence-electron chi connectivity index (χ4n) is 2.26. The molecule has 0 saturated heterocycles. The van der Waals surface area contributed by atoms with Gasteiger partial charge in [-0.05, 0) is 50.1 Å². The third-order valence-electron chi connectivity index (χ3n) is 3.39. The van der Waals surface area contributed by atoms with Gasteiger partial charge >= 0.3 is 11.9 Å². The lowest BCUT2D eigenvalue weighted by Gasteiger charge is -2.25. The number of carbonyl (C=O) groups excluding carboxylic acids is 2. The Balaban J connectivity index is 2.87. The molecule has 26 heavy (non-hydrogen) atoms. The van der Waals surface area contributed by atoms with Gasteiger partial charge in [0, 0.05) is 10.7 Å². The second-order valence-electron chi connectivity index (χ2n) is 4.81. The normalized spacial score (nSPS) is 13.3. The Bertz CT molecular complexity index is 916. The minimum Gasteiger partial charge on any atom is -0.465 e. The minimum atomic E-state index is -0.860. The standard InChI is InChI=1S/C17H11Br2FN2O4/c1-25-16(23)9-5-3-4-6-22(15(9)17(24)26-2)14-10(8-21)13(20)11(18)7-12(14)19/h3-7H,1-2H3. The summed E-state index contributed by atoms with van der Waals surface area (Å²) in [5.74, 6) is -2.46. The van der Waals surface area contributed by atoms with E-state index in [0.717, 1.165) is 14.2 Å². The smallest absolute Gasteiger partial charge is 0.355 e. The van der Waals surface area contributed by atoms with Crippen molar-refractivity contribution in [3.8, 4) is 6.07 Å². The van der Waals surface area contributed by atoms with E-state index in [1.54, 1.807) is 6.07 Å². The molecule has 0 saturated carbocycles. The Morgan fingerprint density at radius 3 is 2.38 bits per heavy atom. The SMILES string of the molecule is COC(=O)C1=C(C(=O)OC)N(c2c(Br)cc(Br)c(F)c2C#N)C=CC=C1. The van der Waals surface area contributed by atoms with Gasteiger partial charge < -0.3 is 14.4 Å². The van der Waals surface area contributed by atoms with E-state index in [1.165, 1.54) is 35.4 Å². The largest absolute Gasteiger partial charge is 0.465 e. The second-order valence-corrected chi connectivity index (χ2v) is 6.51. The molecule has 1 aromatic carbocycles. The van der Waals surface area contributed by atoms with Gasteiger partial charge in [0.25, 0.3) is 0 Å². The molecule has 0 fully saturated rings. The first-order valence-electron chi connectivity index (χ1n) is 6.99. The summed E-state index contributed by atoms with van der Waals surface area (Å²) in [6, 6.07) is 3.17. The molecule has 0 bridgehead atoms. The molecule has 1 aliphatic heterocycles. The van der Waals surface area contributed by atoms with Crippen LogP contribution in [0.15, 0.2) is 50.7 Å². The molecule has 0 N–H and O–H groups in total. The van der Waals surface area contributed by atoms with Crippen molar-refractivity contribution in [2.24, 2.45) is 0 Å². The Morgan fingerprint density at radius 2 is 1.81 bits per heavy atom. The first-order valence-corrected chi connectivity index (χ1v) is 8.58. The maximum atomic E-state index is 14.5. The van der Waals surface area contributed by atoms with E-state index in [9.17, 15) is 19.2 Å². The van der Waals surface area contributed by atoms with Crippen LogP contribution in [-0.4, -0.2) is 26.2 Å². The van der Waals surface area contributed by atoms with Crippen molar-refractivity contribution in [2.45, 2.75) is 0 Å². The first-order chi connectivity index (χ1) is 12.4. The molecule has 0 atom stereocenters. The topological polar surface area (TPSA) is 79.6 Å². The van der Waals surface area contributed by atoms with Gasteiger partial charge in [0.05, 0.1) is 30.0 Å². The third-order valence-corrected chi connectivity index (χ3v) is 4.57. The molecule has 0 radical (unpaired) electrons. The molecular formula is C17H11Br2FN2O4. The van der Waals surface area contributed by atoms with E-state index in [4.69, 9.17) is 9.47 Å². The van der Waals surface area contributed by atoms with Crippen LogP contribution in [0.4, 0.5) is 10.1 Å². The maximum Gasteiger partial charge on any atom is 0.355 e. The maximum absolute atomic E-state index is 14.5. The monoisotopic (exact) mass is 484 g/mol. The van der Waals surface area contributed by atoms with Gasteiger partial charge in [-0.3, -0.25) is 0 Å². The lowest BCUT2D eigenvalue weighted by Crippen LogP contribution is -2.28. The molecule has 1 aliphatic rings. The molecule has 0 amide bonds. The van der Waals surface area contributed by atoms with Crippen molar-refractivity contribution < 1.29 is 23.5 Å². The average molecular weight is 486 g/mol. The third kappa shape index (κ3) is 3.57. The zero-order valence-electron chi connectivity index (χ0n) is 13.5. The number of nitrogens with zero attached hydrogens (tertiary/aromatic N) is 2. The van der Waals surface area contributed by atoms with Crippen LogP contribution < -0.4 is 4.90 Å². The van der Waals surface area contributed by atoms with Crippen molar-refractivity contribution in [3.05, 3.63) is 62.1 Å². The number of hydrogen-bond donors (Lipinski definition) is 0. The zero-order valence-corrected chi connectivity index (χ0v) is 16.7. The highest BCUT2D eigenvalue weighted by Crippen LogP contribution is 2.39. The molecule has 1 heterocycles. The van der Waals surface area contributed by atoms with Gasteiger partial charge in [0.15, 0.2) is 5.82 Å². The van der Waals surface area contributed by atoms with Crippen LogP contribution in [-0.2, 0) is 19.1 Å². The second kappa shape index (κ2) is 8.29. The van der Waals surface area contributed by atoms with Gasteiger partial charge in [-0.15, -0.1) is 0 Å².